The van der Waals surface area contributed by atoms with Gasteiger partial charge in [0.1, 0.15) is 0 Å². The highest BCUT2D eigenvalue weighted by atomic mass is 16.3. The molecule has 5 heteroatoms. The number of nitrogens with zero attached hydrogens (tertiary/aromatic N) is 1. The van der Waals surface area contributed by atoms with E-state index < -0.39 is 5.60 Å². The van der Waals surface area contributed by atoms with Gasteiger partial charge in [-0.1, -0.05) is 13.8 Å². The minimum Gasteiger partial charge on any atom is -0.388 e. The summed E-state index contributed by atoms with van der Waals surface area (Å²) in [7, 11) is 0. The average molecular weight is 265 g/mol. The first kappa shape index (κ1) is 14.1. The molecule has 2 rings (SSSR count). The van der Waals surface area contributed by atoms with E-state index >= 15 is 0 Å². The van der Waals surface area contributed by atoms with Gasteiger partial charge >= 0.3 is 0 Å². The van der Waals surface area contributed by atoms with Crippen LogP contribution in [-0.2, 0) is 0 Å². The Labute approximate surface area is 113 Å². The minimum absolute atomic E-state index is 0.176. The maximum Gasteiger partial charge on any atom is 0.254 e. The van der Waals surface area contributed by atoms with E-state index in [0.717, 1.165) is 31.4 Å². The van der Waals surface area contributed by atoms with Gasteiger partial charge in [-0.3, -0.25) is 9.89 Å². The highest BCUT2D eigenvalue weighted by Crippen LogP contribution is 2.39. The van der Waals surface area contributed by atoms with Crippen molar-refractivity contribution in [3.63, 3.8) is 0 Å². The summed E-state index contributed by atoms with van der Waals surface area (Å²) in [5.41, 5.74) is 0.828. The van der Waals surface area contributed by atoms with Crippen molar-refractivity contribution in [2.24, 2.45) is 5.41 Å². The number of H-pyrrole nitrogens is 1. The first-order valence-corrected chi connectivity index (χ1v) is 6.82. The van der Waals surface area contributed by atoms with E-state index in [9.17, 15) is 9.90 Å². The molecule has 1 aromatic rings. The van der Waals surface area contributed by atoms with Crippen molar-refractivity contribution in [2.45, 2.75) is 52.1 Å². The second kappa shape index (κ2) is 4.96. The Balaban J connectivity index is 1.89. The Kier molecular flexibility index (Phi) is 3.67. The van der Waals surface area contributed by atoms with Crippen LogP contribution >= 0.6 is 0 Å². The Morgan fingerprint density at radius 2 is 2.05 bits per heavy atom. The molecule has 0 spiro atoms. The number of carbonyl (C=O) groups is 1. The maximum atomic E-state index is 12.0. The number of aliphatic hydroxyl groups is 1. The lowest BCUT2D eigenvalue weighted by atomic mass is 9.71. The molecule has 5 nitrogen and oxygen atoms in total. The van der Waals surface area contributed by atoms with Crippen LogP contribution in [0.5, 0.6) is 0 Å². The fourth-order valence-corrected chi connectivity index (χ4v) is 2.49. The molecule has 0 unspecified atom stereocenters. The van der Waals surface area contributed by atoms with Crippen LogP contribution in [0, 0.1) is 12.3 Å². The van der Waals surface area contributed by atoms with Crippen molar-refractivity contribution in [3.05, 3.63) is 17.5 Å². The van der Waals surface area contributed by atoms with Crippen LogP contribution in [0.4, 0.5) is 0 Å². The second-order valence-electron chi connectivity index (χ2n) is 6.48. The largest absolute Gasteiger partial charge is 0.388 e. The number of aryl methyl sites for hydroxylation is 1. The number of hydrogen-bond donors (Lipinski definition) is 3. The molecular formula is C14H23N3O2. The molecule has 106 valence electrons. The summed E-state index contributed by atoms with van der Waals surface area (Å²) in [6, 6.07) is 0. The van der Waals surface area contributed by atoms with Crippen LogP contribution in [0.25, 0.3) is 0 Å². The molecule has 0 saturated heterocycles. The van der Waals surface area contributed by atoms with Crippen molar-refractivity contribution >= 4 is 5.91 Å². The fraction of sp³-hybridized carbons (Fsp3) is 0.714. The third-order valence-corrected chi connectivity index (χ3v) is 4.19. The van der Waals surface area contributed by atoms with E-state index in [1.807, 2.05) is 0 Å². The molecule has 1 amide bonds. The number of aromatic nitrogens is 2. The van der Waals surface area contributed by atoms with Crippen LogP contribution in [0.2, 0.25) is 0 Å². The molecule has 0 atom stereocenters. The SMILES string of the molecule is Cc1[nH]ncc1C(=O)NCC1(O)CCC(C)(C)CC1. The van der Waals surface area contributed by atoms with Crippen molar-refractivity contribution < 1.29 is 9.90 Å². The molecule has 0 aromatic carbocycles. The van der Waals surface area contributed by atoms with Crippen LogP contribution in [0.1, 0.15) is 55.6 Å². The first-order valence-electron chi connectivity index (χ1n) is 6.82. The number of nitrogens with one attached hydrogen (secondary N) is 2. The van der Waals surface area contributed by atoms with Gasteiger partial charge in [0.25, 0.3) is 5.91 Å². The molecule has 1 aromatic heterocycles. The quantitative estimate of drug-likeness (QED) is 0.779. The summed E-state index contributed by atoms with van der Waals surface area (Å²) in [5.74, 6) is -0.176. The van der Waals surface area contributed by atoms with Gasteiger partial charge in [-0.05, 0) is 38.0 Å². The molecule has 0 radical (unpaired) electrons. The van der Waals surface area contributed by atoms with Crippen molar-refractivity contribution in [2.75, 3.05) is 6.54 Å². The number of hydrogen-bond acceptors (Lipinski definition) is 3. The summed E-state index contributed by atoms with van der Waals surface area (Å²) in [6.45, 7) is 6.56. The normalized spacial score (nSPS) is 21.1. The van der Waals surface area contributed by atoms with Crippen LogP contribution in [-0.4, -0.2) is 33.4 Å². The van der Waals surface area contributed by atoms with Gasteiger partial charge in [0.15, 0.2) is 0 Å². The fourth-order valence-electron chi connectivity index (χ4n) is 2.49. The van der Waals surface area contributed by atoms with Crippen LogP contribution < -0.4 is 5.32 Å². The Bertz CT molecular complexity index is 455. The molecule has 1 aliphatic rings. The first-order chi connectivity index (χ1) is 8.81. The second-order valence-corrected chi connectivity index (χ2v) is 6.48. The topological polar surface area (TPSA) is 78.0 Å². The van der Waals surface area contributed by atoms with E-state index in [1.165, 1.54) is 6.20 Å². The monoisotopic (exact) mass is 265 g/mol. The average Bonchev–Trinajstić information content (AvgIpc) is 2.77. The third kappa shape index (κ3) is 3.35. The van der Waals surface area contributed by atoms with E-state index in [2.05, 4.69) is 29.4 Å². The van der Waals surface area contributed by atoms with Crippen molar-refractivity contribution in [3.8, 4) is 0 Å². The number of rotatable bonds is 3. The smallest absolute Gasteiger partial charge is 0.254 e. The molecule has 3 N–H and O–H groups in total. The predicted molar refractivity (Wildman–Crippen MR) is 72.9 cm³/mol. The lowest BCUT2D eigenvalue weighted by molar-refractivity contribution is -0.0233. The lowest BCUT2D eigenvalue weighted by Gasteiger charge is -2.40. The Morgan fingerprint density at radius 3 is 2.58 bits per heavy atom. The standard InChI is InChI=1S/C14H23N3O2/c1-10-11(8-16-17-10)12(18)15-9-14(19)6-4-13(2,3)5-7-14/h8,19H,4-7,9H2,1-3H3,(H,15,18)(H,16,17). The van der Waals surface area contributed by atoms with Gasteiger partial charge in [0.05, 0.1) is 17.4 Å². The summed E-state index contributed by atoms with van der Waals surface area (Å²) in [6.07, 6.45) is 4.97. The maximum absolute atomic E-state index is 12.0. The van der Waals surface area contributed by atoms with Crippen LogP contribution in [0.3, 0.4) is 0 Å². The summed E-state index contributed by atoms with van der Waals surface area (Å²) >= 11 is 0. The van der Waals surface area contributed by atoms with E-state index in [-0.39, 0.29) is 5.91 Å². The van der Waals surface area contributed by atoms with Gasteiger partial charge in [0.2, 0.25) is 0 Å². The van der Waals surface area contributed by atoms with E-state index in [4.69, 9.17) is 0 Å². The molecular weight excluding hydrogens is 242 g/mol. The van der Waals surface area contributed by atoms with Crippen LogP contribution in [0.15, 0.2) is 6.20 Å². The zero-order chi connectivity index (χ0) is 14.1. The Morgan fingerprint density at radius 1 is 1.42 bits per heavy atom. The molecule has 1 fully saturated rings. The molecule has 1 aliphatic carbocycles. The lowest BCUT2D eigenvalue weighted by Crippen LogP contribution is -2.46. The number of aromatic amines is 1. The summed E-state index contributed by atoms with van der Waals surface area (Å²) < 4.78 is 0. The molecule has 0 aliphatic heterocycles. The molecule has 1 saturated carbocycles. The summed E-state index contributed by atoms with van der Waals surface area (Å²) in [4.78, 5) is 12.0. The number of carbonyl (C=O) groups excluding carboxylic acids is 1. The molecule has 1 heterocycles. The molecule has 0 bridgehead atoms. The molecule has 19 heavy (non-hydrogen) atoms. The van der Waals surface area contributed by atoms with Gasteiger partial charge in [0, 0.05) is 12.2 Å². The highest BCUT2D eigenvalue weighted by Gasteiger charge is 2.36. The summed E-state index contributed by atoms with van der Waals surface area (Å²) in [5, 5.41) is 19.9. The Hall–Kier alpha value is -1.36. The minimum atomic E-state index is -0.761. The zero-order valence-electron chi connectivity index (χ0n) is 11.9. The van der Waals surface area contributed by atoms with E-state index in [0.29, 0.717) is 17.5 Å². The van der Waals surface area contributed by atoms with Gasteiger partial charge in [-0.2, -0.15) is 5.10 Å². The highest BCUT2D eigenvalue weighted by molar-refractivity contribution is 5.94. The zero-order valence-corrected chi connectivity index (χ0v) is 11.9. The van der Waals surface area contributed by atoms with Crippen molar-refractivity contribution in [1.29, 1.82) is 0 Å². The van der Waals surface area contributed by atoms with Gasteiger partial charge in [-0.15, -0.1) is 0 Å². The van der Waals surface area contributed by atoms with E-state index in [1.54, 1.807) is 6.92 Å². The van der Waals surface area contributed by atoms with Gasteiger partial charge in [-0.25, -0.2) is 0 Å². The number of amides is 1. The predicted octanol–water partition coefficient (Wildman–Crippen LogP) is 1.78. The van der Waals surface area contributed by atoms with Crippen molar-refractivity contribution in [1.82, 2.24) is 15.5 Å². The van der Waals surface area contributed by atoms with Gasteiger partial charge < -0.3 is 10.4 Å². The third-order valence-electron chi connectivity index (χ3n) is 4.19.